The Balaban J connectivity index is 1.48. The lowest BCUT2D eigenvalue weighted by Gasteiger charge is -2.26. The topological polar surface area (TPSA) is 49.9 Å². The van der Waals surface area contributed by atoms with Gasteiger partial charge in [-0.1, -0.05) is 48.2 Å². The molecule has 0 atom stereocenters. The lowest BCUT2D eigenvalue weighted by Crippen LogP contribution is -2.40. The Labute approximate surface area is 198 Å². The highest BCUT2D eigenvalue weighted by molar-refractivity contribution is 8.26. The van der Waals surface area contributed by atoms with Crippen molar-refractivity contribution in [2.24, 2.45) is 0 Å². The number of benzene rings is 2. The fourth-order valence-electron chi connectivity index (χ4n) is 3.48. The number of rotatable bonds is 4. The van der Waals surface area contributed by atoms with Crippen LogP contribution in [0.4, 0.5) is 13.2 Å². The van der Waals surface area contributed by atoms with E-state index in [2.05, 4.69) is 0 Å². The molecule has 2 aliphatic rings. The Morgan fingerprint density at radius 1 is 1.12 bits per heavy atom. The number of thioether (sulfide) groups is 1. The quantitative estimate of drug-likeness (QED) is 0.462. The van der Waals surface area contributed by atoms with Crippen LogP contribution in [-0.4, -0.2) is 52.2 Å². The van der Waals surface area contributed by atoms with E-state index in [4.69, 9.17) is 17.0 Å². The van der Waals surface area contributed by atoms with E-state index in [0.29, 0.717) is 52.2 Å². The molecule has 5 nitrogen and oxygen atoms in total. The van der Waals surface area contributed by atoms with Crippen molar-refractivity contribution in [1.29, 1.82) is 0 Å². The molecule has 0 radical (unpaired) electrons. The van der Waals surface area contributed by atoms with Crippen LogP contribution in [-0.2, 0) is 22.3 Å². The molecule has 2 aromatic carbocycles. The average Bonchev–Trinajstić information content (AvgIpc) is 3.06. The average molecular weight is 493 g/mol. The molecule has 4 rings (SSSR count). The molecule has 0 spiro atoms. The van der Waals surface area contributed by atoms with Gasteiger partial charge >= 0.3 is 6.18 Å². The molecule has 2 aliphatic heterocycles. The lowest BCUT2D eigenvalue weighted by molar-refractivity contribution is -0.137. The number of thiocarbonyl (C=S) groups is 1. The summed E-state index contributed by atoms with van der Waals surface area (Å²) in [7, 11) is 0. The van der Waals surface area contributed by atoms with Crippen LogP contribution in [0.15, 0.2) is 53.4 Å². The summed E-state index contributed by atoms with van der Waals surface area (Å²) < 4.78 is 43.9. The van der Waals surface area contributed by atoms with Crippen LogP contribution in [0.3, 0.4) is 0 Å². The minimum atomic E-state index is -4.42. The first-order valence-corrected chi connectivity index (χ1v) is 11.3. The Morgan fingerprint density at radius 3 is 2.48 bits per heavy atom. The molecule has 2 aromatic rings. The third-order valence-electron chi connectivity index (χ3n) is 5.23. The fraction of sp³-hybridized carbons (Fsp3) is 0.261. The first-order valence-electron chi connectivity index (χ1n) is 10.1. The van der Waals surface area contributed by atoms with Crippen molar-refractivity contribution in [2.75, 3.05) is 26.3 Å². The van der Waals surface area contributed by atoms with Gasteiger partial charge in [0.25, 0.3) is 11.8 Å². The third-order valence-corrected chi connectivity index (χ3v) is 6.60. The smallest absolute Gasteiger partial charge is 0.378 e. The highest BCUT2D eigenvalue weighted by Crippen LogP contribution is 2.34. The van der Waals surface area contributed by atoms with Crippen LogP contribution in [0.2, 0.25) is 0 Å². The van der Waals surface area contributed by atoms with Gasteiger partial charge in [0.05, 0.1) is 30.2 Å². The van der Waals surface area contributed by atoms with Crippen LogP contribution in [0.25, 0.3) is 6.08 Å². The fourth-order valence-corrected chi connectivity index (χ4v) is 4.73. The monoisotopic (exact) mass is 492 g/mol. The number of halogens is 3. The predicted molar refractivity (Wildman–Crippen MR) is 123 cm³/mol. The van der Waals surface area contributed by atoms with Crippen molar-refractivity contribution in [3.05, 3.63) is 75.7 Å². The van der Waals surface area contributed by atoms with Gasteiger partial charge in [-0.3, -0.25) is 14.5 Å². The summed E-state index contributed by atoms with van der Waals surface area (Å²) in [5, 5.41) is 0. The zero-order chi connectivity index (χ0) is 23.6. The van der Waals surface area contributed by atoms with E-state index in [1.54, 1.807) is 35.2 Å². The molecule has 0 saturated carbocycles. The number of morpholine rings is 1. The zero-order valence-electron chi connectivity index (χ0n) is 17.3. The molecular formula is C23H19F3N2O3S2. The molecular weight excluding hydrogens is 473 g/mol. The van der Waals surface area contributed by atoms with Crippen molar-refractivity contribution in [3.8, 4) is 0 Å². The van der Waals surface area contributed by atoms with E-state index in [1.807, 2.05) is 0 Å². The second-order valence-corrected chi connectivity index (χ2v) is 9.17. The Morgan fingerprint density at radius 2 is 1.82 bits per heavy atom. The molecule has 0 bridgehead atoms. The number of nitrogens with zero attached hydrogens (tertiary/aromatic N) is 2. The van der Waals surface area contributed by atoms with E-state index in [-0.39, 0.29) is 18.4 Å². The van der Waals surface area contributed by atoms with Gasteiger partial charge in [-0.25, -0.2) is 0 Å². The number of carbonyl (C=O) groups is 2. The van der Waals surface area contributed by atoms with Gasteiger partial charge in [0.2, 0.25) is 0 Å². The summed E-state index contributed by atoms with van der Waals surface area (Å²) in [6, 6.07) is 11.6. The van der Waals surface area contributed by atoms with Crippen LogP contribution in [0, 0.1) is 0 Å². The molecule has 2 saturated heterocycles. The zero-order valence-corrected chi connectivity index (χ0v) is 18.9. The minimum Gasteiger partial charge on any atom is -0.378 e. The van der Waals surface area contributed by atoms with Gasteiger partial charge in [0, 0.05) is 18.7 Å². The van der Waals surface area contributed by atoms with Crippen LogP contribution < -0.4 is 0 Å². The van der Waals surface area contributed by atoms with Crippen molar-refractivity contribution < 1.29 is 27.5 Å². The van der Waals surface area contributed by atoms with Gasteiger partial charge in [-0.05, 0) is 41.5 Å². The second-order valence-electron chi connectivity index (χ2n) is 7.49. The number of hydrogen-bond donors (Lipinski definition) is 0. The number of carbonyl (C=O) groups excluding carboxylic acids is 2. The molecule has 0 aliphatic carbocycles. The maximum Gasteiger partial charge on any atom is 0.416 e. The summed E-state index contributed by atoms with van der Waals surface area (Å²) in [4.78, 5) is 29.1. The highest BCUT2D eigenvalue weighted by Gasteiger charge is 2.33. The van der Waals surface area contributed by atoms with Gasteiger partial charge in [-0.15, -0.1) is 0 Å². The van der Waals surface area contributed by atoms with E-state index in [1.165, 1.54) is 17.0 Å². The van der Waals surface area contributed by atoms with E-state index in [9.17, 15) is 22.8 Å². The first-order chi connectivity index (χ1) is 15.7. The molecule has 10 heteroatoms. The minimum absolute atomic E-state index is 0.0791. The summed E-state index contributed by atoms with van der Waals surface area (Å²) in [5.74, 6) is -0.418. The summed E-state index contributed by atoms with van der Waals surface area (Å²) in [5.41, 5.74) is 0.997. The SMILES string of the molecule is O=C(c1cccc(/C=C2\SC(=S)N(Cc3ccc(C(F)(F)F)cc3)C2=O)c1)N1CCOCC1. The maximum absolute atomic E-state index is 12.9. The lowest BCUT2D eigenvalue weighted by atomic mass is 10.1. The maximum atomic E-state index is 12.9. The number of ether oxygens (including phenoxy) is 1. The summed E-state index contributed by atoms with van der Waals surface area (Å²) >= 11 is 6.45. The van der Waals surface area contributed by atoms with Crippen LogP contribution in [0.1, 0.15) is 27.0 Å². The second kappa shape index (κ2) is 9.66. The first kappa shape index (κ1) is 23.5. The van der Waals surface area contributed by atoms with Gasteiger partial charge in [0.1, 0.15) is 4.32 Å². The van der Waals surface area contributed by atoms with E-state index in [0.717, 1.165) is 23.9 Å². The summed E-state index contributed by atoms with van der Waals surface area (Å²) in [6.45, 7) is 2.16. The predicted octanol–water partition coefficient (Wildman–Crippen LogP) is 4.58. The van der Waals surface area contributed by atoms with Gasteiger partial charge in [-0.2, -0.15) is 13.2 Å². The van der Waals surface area contributed by atoms with Crippen molar-refractivity contribution >= 4 is 46.2 Å². The van der Waals surface area contributed by atoms with Crippen molar-refractivity contribution in [2.45, 2.75) is 12.7 Å². The molecule has 2 amide bonds. The standard InChI is InChI=1S/C23H19F3N2O3S2/c24-23(25,26)18-6-4-15(5-7-18)14-28-21(30)19(33-22(28)32)13-16-2-1-3-17(12-16)20(29)27-8-10-31-11-9-27/h1-7,12-13H,8-11,14H2/b19-13-. The van der Waals surface area contributed by atoms with Gasteiger partial charge < -0.3 is 9.64 Å². The van der Waals surface area contributed by atoms with E-state index >= 15 is 0 Å². The third kappa shape index (κ3) is 5.45. The molecule has 0 N–H and O–H groups in total. The van der Waals surface area contributed by atoms with Crippen molar-refractivity contribution in [1.82, 2.24) is 9.80 Å². The van der Waals surface area contributed by atoms with Crippen molar-refractivity contribution in [3.63, 3.8) is 0 Å². The molecule has 33 heavy (non-hydrogen) atoms. The molecule has 0 aromatic heterocycles. The normalized spacial score (nSPS) is 18.3. The number of amides is 2. The Kier molecular flexibility index (Phi) is 6.87. The Hall–Kier alpha value is -2.69. The largest absolute Gasteiger partial charge is 0.416 e. The Bertz CT molecular complexity index is 1110. The van der Waals surface area contributed by atoms with E-state index < -0.39 is 11.7 Å². The molecule has 2 fully saturated rings. The highest BCUT2D eigenvalue weighted by atomic mass is 32.2. The van der Waals surface area contributed by atoms with Gasteiger partial charge in [0.15, 0.2) is 0 Å². The van der Waals surface area contributed by atoms with Crippen LogP contribution >= 0.6 is 24.0 Å². The molecule has 172 valence electrons. The number of hydrogen-bond acceptors (Lipinski definition) is 5. The van der Waals surface area contributed by atoms with Crippen LogP contribution in [0.5, 0.6) is 0 Å². The number of alkyl halides is 3. The molecule has 2 heterocycles. The molecule has 0 unspecified atom stereocenters. The summed E-state index contributed by atoms with van der Waals surface area (Å²) in [6.07, 6.45) is -2.75.